The van der Waals surface area contributed by atoms with Crippen molar-refractivity contribution in [2.75, 3.05) is 12.4 Å². The van der Waals surface area contributed by atoms with Crippen LogP contribution in [0.2, 0.25) is 0 Å². The van der Waals surface area contributed by atoms with Gasteiger partial charge in [-0.05, 0) is 19.3 Å². The molecule has 1 heterocycles. The molecule has 6 nitrogen and oxygen atoms in total. The Morgan fingerprint density at radius 1 is 1.50 bits per heavy atom. The van der Waals surface area contributed by atoms with E-state index >= 15 is 0 Å². The fraction of sp³-hybridized carbons (Fsp3) is 0.583. The van der Waals surface area contributed by atoms with Crippen molar-refractivity contribution < 1.29 is 14.6 Å². The molecule has 1 atom stereocenters. The number of hydrogen-bond donors (Lipinski definition) is 2. The van der Waals surface area contributed by atoms with Crippen LogP contribution in [0.1, 0.15) is 26.1 Å². The summed E-state index contributed by atoms with van der Waals surface area (Å²) >= 11 is 0. The van der Waals surface area contributed by atoms with E-state index in [9.17, 15) is 4.79 Å². The second-order valence-electron chi connectivity index (χ2n) is 4.51. The largest absolute Gasteiger partial charge is 0.481 e. The number of methoxy groups -OCH3 is 1. The number of ether oxygens (including phenoxy) is 1. The van der Waals surface area contributed by atoms with Crippen LogP contribution in [0.15, 0.2) is 6.07 Å². The van der Waals surface area contributed by atoms with Gasteiger partial charge in [-0.1, -0.05) is 13.8 Å². The van der Waals surface area contributed by atoms with E-state index in [1.165, 1.54) is 7.11 Å². The minimum atomic E-state index is -0.890. The molecule has 0 aromatic carbocycles. The predicted octanol–water partition coefficient (Wildman–Crippen LogP) is 1.70. The van der Waals surface area contributed by atoms with Gasteiger partial charge in [-0.2, -0.15) is 4.98 Å². The van der Waals surface area contributed by atoms with E-state index in [0.29, 0.717) is 23.9 Å². The van der Waals surface area contributed by atoms with Gasteiger partial charge in [0.05, 0.1) is 7.11 Å². The molecule has 0 saturated carbocycles. The van der Waals surface area contributed by atoms with E-state index in [2.05, 4.69) is 15.3 Å². The Balaban J connectivity index is 2.86. The summed E-state index contributed by atoms with van der Waals surface area (Å²) in [5.41, 5.74) is 0. The molecule has 1 aromatic heterocycles. The molecule has 0 amide bonds. The van der Waals surface area contributed by atoms with Gasteiger partial charge in [-0.15, -0.1) is 0 Å². The van der Waals surface area contributed by atoms with Crippen LogP contribution in [0.25, 0.3) is 0 Å². The van der Waals surface area contributed by atoms with E-state index in [4.69, 9.17) is 9.84 Å². The van der Waals surface area contributed by atoms with Gasteiger partial charge in [-0.25, -0.2) is 9.78 Å². The molecule has 2 N–H and O–H groups in total. The fourth-order valence-corrected chi connectivity index (χ4v) is 1.59. The maximum absolute atomic E-state index is 11.1. The van der Waals surface area contributed by atoms with Crippen molar-refractivity contribution in [3.63, 3.8) is 0 Å². The zero-order valence-electron chi connectivity index (χ0n) is 11.1. The third-order valence-electron chi connectivity index (χ3n) is 2.35. The van der Waals surface area contributed by atoms with E-state index in [-0.39, 0.29) is 5.92 Å². The Morgan fingerprint density at radius 2 is 2.17 bits per heavy atom. The van der Waals surface area contributed by atoms with Crippen molar-refractivity contribution >= 4 is 11.8 Å². The Bertz CT molecular complexity index is 421. The van der Waals surface area contributed by atoms with Gasteiger partial charge < -0.3 is 15.2 Å². The number of aliphatic carboxylic acids is 1. The molecule has 0 aliphatic carbocycles. The molecule has 0 fully saturated rings. The van der Waals surface area contributed by atoms with Crippen LogP contribution in [-0.4, -0.2) is 34.2 Å². The standard InChI is InChI=1S/C12H19N3O3/c1-7(2)5-9(12(16)17)15-10-6-11(18-4)14-8(3)13-10/h6-7,9H,5H2,1-4H3,(H,16,17)(H,13,14,15). The third-order valence-corrected chi connectivity index (χ3v) is 2.35. The first-order valence-corrected chi connectivity index (χ1v) is 5.81. The van der Waals surface area contributed by atoms with E-state index in [1.54, 1.807) is 13.0 Å². The molecule has 1 unspecified atom stereocenters. The van der Waals surface area contributed by atoms with Crippen LogP contribution in [0.5, 0.6) is 5.88 Å². The smallest absolute Gasteiger partial charge is 0.326 e. The molecule has 0 radical (unpaired) electrons. The monoisotopic (exact) mass is 253 g/mol. The van der Waals surface area contributed by atoms with Gasteiger partial charge in [0.15, 0.2) is 0 Å². The Morgan fingerprint density at radius 3 is 2.67 bits per heavy atom. The lowest BCUT2D eigenvalue weighted by atomic mass is 10.0. The van der Waals surface area contributed by atoms with E-state index in [1.807, 2.05) is 13.8 Å². The van der Waals surface area contributed by atoms with Crippen molar-refractivity contribution in [3.05, 3.63) is 11.9 Å². The molecule has 0 bridgehead atoms. The van der Waals surface area contributed by atoms with Crippen LogP contribution in [0.3, 0.4) is 0 Å². The highest BCUT2D eigenvalue weighted by molar-refractivity contribution is 5.76. The highest BCUT2D eigenvalue weighted by Crippen LogP contribution is 2.16. The average molecular weight is 253 g/mol. The molecule has 0 aliphatic heterocycles. The fourth-order valence-electron chi connectivity index (χ4n) is 1.59. The lowest BCUT2D eigenvalue weighted by Gasteiger charge is -2.17. The average Bonchev–Trinajstić information content (AvgIpc) is 2.26. The topological polar surface area (TPSA) is 84.3 Å². The summed E-state index contributed by atoms with van der Waals surface area (Å²) in [6.07, 6.45) is 0.528. The highest BCUT2D eigenvalue weighted by atomic mass is 16.5. The first-order valence-electron chi connectivity index (χ1n) is 5.81. The number of hydrogen-bond acceptors (Lipinski definition) is 5. The molecular weight excluding hydrogens is 234 g/mol. The lowest BCUT2D eigenvalue weighted by Crippen LogP contribution is -2.31. The summed E-state index contributed by atoms with van der Waals surface area (Å²) in [4.78, 5) is 19.3. The molecule has 100 valence electrons. The van der Waals surface area contributed by atoms with Gasteiger partial charge in [0.2, 0.25) is 5.88 Å². The first kappa shape index (κ1) is 14.2. The van der Waals surface area contributed by atoms with Crippen LogP contribution in [0.4, 0.5) is 5.82 Å². The first-order chi connectivity index (χ1) is 8.42. The minimum Gasteiger partial charge on any atom is -0.481 e. The number of aryl methyl sites for hydroxylation is 1. The summed E-state index contributed by atoms with van der Waals surface area (Å²) in [7, 11) is 1.51. The quantitative estimate of drug-likeness (QED) is 0.802. The normalized spacial score (nSPS) is 12.3. The number of rotatable bonds is 6. The van der Waals surface area contributed by atoms with Gasteiger partial charge in [0.25, 0.3) is 0 Å². The molecular formula is C12H19N3O3. The van der Waals surface area contributed by atoms with Crippen molar-refractivity contribution in [1.29, 1.82) is 0 Å². The Kier molecular flexibility index (Phi) is 4.88. The zero-order valence-corrected chi connectivity index (χ0v) is 11.1. The number of anilines is 1. The van der Waals surface area contributed by atoms with Gasteiger partial charge >= 0.3 is 5.97 Å². The third kappa shape index (κ3) is 4.20. The second kappa shape index (κ2) is 6.18. The SMILES string of the molecule is COc1cc(NC(CC(C)C)C(=O)O)nc(C)n1. The maximum Gasteiger partial charge on any atom is 0.326 e. The van der Waals surface area contributed by atoms with Crippen molar-refractivity contribution in [3.8, 4) is 5.88 Å². The van der Waals surface area contributed by atoms with Gasteiger partial charge in [0.1, 0.15) is 17.7 Å². The molecule has 0 saturated heterocycles. The number of carboxylic acids is 1. The number of aromatic nitrogens is 2. The number of nitrogens with one attached hydrogen (secondary N) is 1. The Hall–Kier alpha value is -1.85. The maximum atomic E-state index is 11.1. The summed E-state index contributed by atoms with van der Waals surface area (Å²) < 4.78 is 5.02. The van der Waals surface area contributed by atoms with E-state index in [0.717, 1.165) is 0 Å². The van der Waals surface area contributed by atoms with Gasteiger partial charge in [0, 0.05) is 6.07 Å². The van der Waals surface area contributed by atoms with Crippen molar-refractivity contribution in [2.24, 2.45) is 5.92 Å². The zero-order chi connectivity index (χ0) is 13.7. The molecule has 0 spiro atoms. The highest BCUT2D eigenvalue weighted by Gasteiger charge is 2.19. The Labute approximate surface area is 106 Å². The number of nitrogens with zero attached hydrogens (tertiary/aromatic N) is 2. The summed E-state index contributed by atoms with van der Waals surface area (Å²) in [6.45, 7) is 5.68. The lowest BCUT2D eigenvalue weighted by molar-refractivity contribution is -0.138. The van der Waals surface area contributed by atoms with Crippen LogP contribution < -0.4 is 10.1 Å². The molecule has 1 aromatic rings. The number of carboxylic acid groups (broad SMARTS) is 1. The van der Waals surface area contributed by atoms with Crippen molar-refractivity contribution in [1.82, 2.24) is 9.97 Å². The molecule has 6 heteroatoms. The molecule has 0 aliphatic rings. The molecule has 18 heavy (non-hydrogen) atoms. The van der Waals surface area contributed by atoms with Crippen molar-refractivity contribution in [2.45, 2.75) is 33.2 Å². The van der Waals surface area contributed by atoms with Crippen LogP contribution in [0, 0.1) is 12.8 Å². The van der Waals surface area contributed by atoms with Crippen LogP contribution in [-0.2, 0) is 4.79 Å². The molecule has 1 rings (SSSR count). The number of carbonyl (C=O) groups is 1. The van der Waals surface area contributed by atoms with Crippen LogP contribution >= 0.6 is 0 Å². The van der Waals surface area contributed by atoms with E-state index < -0.39 is 12.0 Å². The van der Waals surface area contributed by atoms with Gasteiger partial charge in [-0.3, -0.25) is 0 Å². The minimum absolute atomic E-state index is 0.281. The summed E-state index contributed by atoms with van der Waals surface area (Å²) in [5, 5.41) is 12.0. The second-order valence-corrected chi connectivity index (χ2v) is 4.51. The summed E-state index contributed by atoms with van der Waals surface area (Å²) in [6, 6.07) is 0.924. The summed E-state index contributed by atoms with van der Waals surface area (Å²) in [5.74, 6) is 0.805. The predicted molar refractivity (Wildman–Crippen MR) is 67.8 cm³/mol.